The first-order valence-corrected chi connectivity index (χ1v) is 10.7. The number of ether oxygens (including phenoxy) is 1. The number of benzene rings is 1. The van der Waals surface area contributed by atoms with E-state index in [1.165, 1.54) is 18.2 Å². The van der Waals surface area contributed by atoms with Gasteiger partial charge in [0.15, 0.2) is 22.2 Å². The van der Waals surface area contributed by atoms with Crippen LogP contribution in [0.2, 0.25) is 5.02 Å². The van der Waals surface area contributed by atoms with Crippen LogP contribution in [0, 0.1) is 10.1 Å². The molecule has 1 amide bonds. The SMILES string of the molecule is O=C(COc1ccc(Cl)cc1[N+](=O)[O-])N1CCN([C@H]2CCS(=O)(=O)C2)CC1. The molecular weight excluding hydrogens is 398 g/mol. The number of rotatable bonds is 5. The van der Waals surface area contributed by atoms with E-state index in [2.05, 4.69) is 4.90 Å². The number of sulfone groups is 1. The molecule has 0 saturated carbocycles. The van der Waals surface area contributed by atoms with Gasteiger partial charge in [-0.25, -0.2) is 8.42 Å². The molecule has 2 fully saturated rings. The molecular formula is C16H20ClN3O6S. The van der Waals surface area contributed by atoms with E-state index in [0.29, 0.717) is 32.6 Å². The first-order chi connectivity index (χ1) is 12.7. The quantitative estimate of drug-likeness (QED) is 0.518. The van der Waals surface area contributed by atoms with E-state index >= 15 is 0 Å². The van der Waals surface area contributed by atoms with Gasteiger partial charge >= 0.3 is 5.69 Å². The monoisotopic (exact) mass is 417 g/mol. The number of amides is 1. The van der Waals surface area contributed by atoms with E-state index in [1.807, 2.05) is 0 Å². The molecule has 0 unspecified atom stereocenters. The minimum Gasteiger partial charge on any atom is -0.477 e. The van der Waals surface area contributed by atoms with Gasteiger partial charge in [-0.1, -0.05) is 11.6 Å². The lowest BCUT2D eigenvalue weighted by atomic mass is 10.2. The number of carbonyl (C=O) groups excluding carboxylic acids is 1. The van der Waals surface area contributed by atoms with Crippen LogP contribution in [0.15, 0.2) is 18.2 Å². The molecule has 1 aromatic carbocycles. The van der Waals surface area contributed by atoms with Gasteiger partial charge < -0.3 is 9.64 Å². The van der Waals surface area contributed by atoms with Crippen molar-refractivity contribution < 1.29 is 22.9 Å². The van der Waals surface area contributed by atoms with Gasteiger partial charge in [0, 0.05) is 43.3 Å². The van der Waals surface area contributed by atoms with Crippen LogP contribution < -0.4 is 4.74 Å². The average molecular weight is 418 g/mol. The van der Waals surface area contributed by atoms with Crippen LogP contribution >= 0.6 is 11.6 Å². The smallest absolute Gasteiger partial charge is 0.312 e. The Hall–Kier alpha value is -1.91. The largest absolute Gasteiger partial charge is 0.477 e. The summed E-state index contributed by atoms with van der Waals surface area (Å²) in [6.45, 7) is 1.85. The molecule has 9 nitrogen and oxygen atoms in total. The number of nitro groups is 1. The summed E-state index contributed by atoms with van der Waals surface area (Å²) in [4.78, 5) is 26.5. The Kier molecular flexibility index (Phi) is 5.87. The summed E-state index contributed by atoms with van der Waals surface area (Å²) in [6.07, 6.45) is 0.639. The first kappa shape index (κ1) is 19.8. The fraction of sp³-hybridized carbons (Fsp3) is 0.562. The van der Waals surface area contributed by atoms with Crippen molar-refractivity contribution in [3.8, 4) is 5.75 Å². The van der Waals surface area contributed by atoms with E-state index in [1.54, 1.807) is 4.90 Å². The summed E-state index contributed by atoms with van der Waals surface area (Å²) in [7, 11) is -2.93. The molecule has 2 aliphatic heterocycles. The predicted octanol–water partition coefficient (Wildman–Crippen LogP) is 0.958. The second kappa shape index (κ2) is 7.99. The summed E-state index contributed by atoms with van der Waals surface area (Å²) in [6, 6.07) is 4.03. The van der Waals surface area contributed by atoms with E-state index < -0.39 is 14.8 Å². The average Bonchev–Trinajstić information content (AvgIpc) is 3.00. The van der Waals surface area contributed by atoms with Crippen LogP contribution in [-0.2, 0) is 14.6 Å². The lowest BCUT2D eigenvalue weighted by molar-refractivity contribution is -0.385. The molecule has 0 aromatic heterocycles. The van der Waals surface area contributed by atoms with Crippen LogP contribution in [0.25, 0.3) is 0 Å². The molecule has 2 saturated heterocycles. The number of piperazine rings is 1. The Labute approximate surface area is 161 Å². The van der Waals surface area contributed by atoms with Gasteiger partial charge in [0.25, 0.3) is 5.91 Å². The number of hydrogen-bond donors (Lipinski definition) is 0. The predicted molar refractivity (Wildman–Crippen MR) is 98.8 cm³/mol. The standard InChI is InChI=1S/C16H20ClN3O6S/c17-12-1-2-15(14(9-12)20(22)23)26-10-16(21)19-6-4-18(5-7-19)13-3-8-27(24,25)11-13/h1-2,9,13H,3-8,10-11H2/t13-/m0/s1. The van der Waals surface area contributed by atoms with Gasteiger partial charge in [0.05, 0.1) is 16.4 Å². The zero-order valence-corrected chi connectivity index (χ0v) is 16.1. The summed E-state index contributed by atoms with van der Waals surface area (Å²) in [5.41, 5.74) is -0.289. The molecule has 3 rings (SSSR count). The van der Waals surface area contributed by atoms with Crippen molar-refractivity contribution in [1.29, 1.82) is 0 Å². The molecule has 27 heavy (non-hydrogen) atoms. The van der Waals surface area contributed by atoms with E-state index in [-0.39, 0.29) is 46.5 Å². The van der Waals surface area contributed by atoms with Crippen LogP contribution in [0.3, 0.4) is 0 Å². The van der Waals surface area contributed by atoms with E-state index in [4.69, 9.17) is 16.3 Å². The lowest BCUT2D eigenvalue weighted by Crippen LogP contribution is -2.53. The summed E-state index contributed by atoms with van der Waals surface area (Å²) < 4.78 is 28.6. The van der Waals surface area contributed by atoms with Crippen LogP contribution in [0.1, 0.15) is 6.42 Å². The van der Waals surface area contributed by atoms with E-state index in [0.717, 1.165) is 0 Å². The van der Waals surface area contributed by atoms with Crippen LogP contribution in [-0.4, -0.2) is 79.4 Å². The Bertz CT molecular complexity index is 839. The van der Waals surface area contributed by atoms with Crippen LogP contribution in [0.4, 0.5) is 5.69 Å². The minimum atomic E-state index is -2.93. The third kappa shape index (κ3) is 4.88. The normalized spacial score (nSPS) is 22.6. The highest BCUT2D eigenvalue weighted by atomic mass is 35.5. The fourth-order valence-corrected chi connectivity index (χ4v) is 5.31. The van der Waals surface area contributed by atoms with Crippen molar-refractivity contribution in [2.24, 2.45) is 0 Å². The van der Waals surface area contributed by atoms with Crippen molar-refractivity contribution in [3.05, 3.63) is 33.3 Å². The van der Waals surface area contributed by atoms with E-state index in [9.17, 15) is 23.3 Å². The first-order valence-electron chi connectivity index (χ1n) is 8.54. The second-order valence-electron chi connectivity index (χ2n) is 6.63. The van der Waals surface area contributed by atoms with Gasteiger partial charge in [-0.05, 0) is 18.6 Å². The third-order valence-corrected chi connectivity index (χ3v) is 6.85. The van der Waals surface area contributed by atoms with Gasteiger partial charge in [-0.2, -0.15) is 0 Å². The lowest BCUT2D eigenvalue weighted by Gasteiger charge is -2.37. The Balaban J connectivity index is 1.51. The van der Waals surface area contributed by atoms with Crippen molar-refractivity contribution in [2.45, 2.75) is 12.5 Å². The molecule has 11 heteroatoms. The molecule has 0 N–H and O–H groups in total. The maximum absolute atomic E-state index is 12.3. The third-order valence-electron chi connectivity index (χ3n) is 4.86. The number of carbonyl (C=O) groups is 1. The highest BCUT2D eigenvalue weighted by Gasteiger charge is 2.34. The van der Waals surface area contributed by atoms with Crippen molar-refractivity contribution >= 4 is 33.0 Å². The summed E-state index contributed by atoms with van der Waals surface area (Å²) in [5.74, 6) is 0.139. The van der Waals surface area contributed by atoms with Crippen LogP contribution in [0.5, 0.6) is 5.75 Å². The molecule has 0 spiro atoms. The van der Waals surface area contributed by atoms with Gasteiger partial charge in [0.2, 0.25) is 0 Å². The van der Waals surface area contributed by atoms with Crippen molar-refractivity contribution in [2.75, 3.05) is 44.3 Å². The Morgan fingerprint density at radius 1 is 1.30 bits per heavy atom. The minimum absolute atomic E-state index is 0.00690. The highest BCUT2D eigenvalue weighted by Crippen LogP contribution is 2.30. The van der Waals surface area contributed by atoms with Gasteiger partial charge in [0.1, 0.15) is 0 Å². The van der Waals surface area contributed by atoms with Crippen molar-refractivity contribution in [3.63, 3.8) is 0 Å². The summed E-state index contributed by atoms with van der Waals surface area (Å²) in [5, 5.41) is 11.3. The fourth-order valence-electron chi connectivity index (χ4n) is 3.39. The highest BCUT2D eigenvalue weighted by molar-refractivity contribution is 7.91. The van der Waals surface area contributed by atoms with Crippen molar-refractivity contribution in [1.82, 2.24) is 9.80 Å². The van der Waals surface area contributed by atoms with Gasteiger partial charge in [-0.15, -0.1) is 0 Å². The maximum Gasteiger partial charge on any atom is 0.312 e. The molecule has 2 aliphatic rings. The number of nitro benzene ring substituents is 1. The zero-order valence-electron chi connectivity index (χ0n) is 14.5. The number of hydrogen-bond acceptors (Lipinski definition) is 7. The molecule has 2 heterocycles. The maximum atomic E-state index is 12.3. The molecule has 0 aliphatic carbocycles. The zero-order chi connectivity index (χ0) is 19.6. The number of halogens is 1. The van der Waals surface area contributed by atoms with Gasteiger partial charge in [-0.3, -0.25) is 19.8 Å². The topological polar surface area (TPSA) is 110 Å². The Morgan fingerprint density at radius 2 is 2.00 bits per heavy atom. The molecule has 0 radical (unpaired) electrons. The number of nitrogens with zero attached hydrogens (tertiary/aromatic N) is 3. The molecule has 0 bridgehead atoms. The summed E-state index contributed by atoms with van der Waals surface area (Å²) >= 11 is 5.75. The molecule has 1 aromatic rings. The molecule has 1 atom stereocenters. The Morgan fingerprint density at radius 3 is 2.59 bits per heavy atom. The molecule has 148 valence electrons. The second-order valence-corrected chi connectivity index (χ2v) is 9.30.